The molecule has 0 radical (unpaired) electrons. The first-order valence-electron chi connectivity index (χ1n) is 4.84. The maximum absolute atomic E-state index is 11.9. The highest BCUT2D eigenvalue weighted by molar-refractivity contribution is 9.10. The Balaban J connectivity index is 2.20. The Morgan fingerprint density at radius 2 is 1.94 bits per heavy atom. The molecule has 0 unspecified atom stereocenters. The van der Waals surface area contributed by atoms with Crippen molar-refractivity contribution in [3.63, 3.8) is 0 Å². The Morgan fingerprint density at radius 1 is 1.18 bits per heavy atom. The van der Waals surface area contributed by atoms with E-state index in [4.69, 9.17) is 0 Å². The molecule has 0 saturated carbocycles. The molecule has 0 atom stereocenters. The van der Waals surface area contributed by atoms with Crippen LogP contribution in [-0.2, 0) is 0 Å². The third-order valence-electron chi connectivity index (χ3n) is 2.11. The summed E-state index contributed by atoms with van der Waals surface area (Å²) in [7, 11) is 0. The smallest absolute Gasteiger partial charge is 0.255 e. The molecule has 0 bridgehead atoms. The minimum atomic E-state index is -0.167. The molecule has 1 aromatic heterocycles. The standard InChI is InChI=1S/C12H8Br2N2O/c13-9-3-1-2-4-10(9)16-12(17)8-5-6-15-11(14)7-8/h1-7H,(H,16,17). The first kappa shape index (κ1) is 12.3. The molecule has 3 nitrogen and oxygen atoms in total. The maximum Gasteiger partial charge on any atom is 0.255 e. The van der Waals surface area contributed by atoms with E-state index in [9.17, 15) is 4.79 Å². The van der Waals surface area contributed by atoms with Crippen LogP contribution >= 0.6 is 31.9 Å². The van der Waals surface area contributed by atoms with Crippen molar-refractivity contribution in [1.82, 2.24) is 4.98 Å². The zero-order chi connectivity index (χ0) is 12.3. The van der Waals surface area contributed by atoms with Crippen LogP contribution in [0.2, 0.25) is 0 Å². The summed E-state index contributed by atoms with van der Waals surface area (Å²) in [6.45, 7) is 0. The summed E-state index contributed by atoms with van der Waals surface area (Å²) in [5.74, 6) is -0.167. The fourth-order valence-electron chi connectivity index (χ4n) is 1.30. The van der Waals surface area contributed by atoms with Crippen LogP contribution in [0.15, 0.2) is 51.7 Å². The molecule has 1 amide bonds. The number of pyridine rings is 1. The first-order chi connectivity index (χ1) is 8.16. The number of benzene rings is 1. The van der Waals surface area contributed by atoms with Gasteiger partial charge >= 0.3 is 0 Å². The van der Waals surface area contributed by atoms with Gasteiger partial charge in [-0.1, -0.05) is 12.1 Å². The highest BCUT2D eigenvalue weighted by atomic mass is 79.9. The second-order valence-corrected chi connectivity index (χ2v) is 4.97. The van der Waals surface area contributed by atoms with Gasteiger partial charge in [-0.25, -0.2) is 4.98 Å². The molecule has 2 aromatic rings. The number of hydrogen-bond donors (Lipinski definition) is 1. The van der Waals surface area contributed by atoms with Crippen LogP contribution in [-0.4, -0.2) is 10.9 Å². The van der Waals surface area contributed by atoms with Crippen LogP contribution in [0.25, 0.3) is 0 Å². The Hall–Kier alpha value is -1.20. The zero-order valence-corrected chi connectivity index (χ0v) is 11.8. The number of carbonyl (C=O) groups excluding carboxylic acids is 1. The van der Waals surface area contributed by atoms with E-state index in [2.05, 4.69) is 42.2 Å². The Labute approximate surface area is 116 Å². The lowest BCUT2D eigenvalue weighted by atomic mass is 10.2. The summed E-state index contributed by atoms with van der Waals surface area (Å²) >= 11 is 6.61. The van der Waals surface area contributed by atoms with E-state index in [0.717, 1.165) is 10.2 Å². The van der Waals surface area contributed by atoms with Gasteiger partial charge in [0.05, 0.1) is 5.69 Å². The van der Waals surface area contributed by atoms with Gasteiger partial charge in [0.15, 0.2) is 0 Å². The highest BCUT2D eigenvalue weighted by Gasteiger charge is 2.08. The van der Waals surface area contributed by atoms with Crippen molar-refractivity contribution in [2.24, 2.45) is 0 Å². The minimum Gasteiger partial charge on any atom is -0.321 e. The number of aromatic nitrogens is 1. The minimum absolute atomic E-state index is 0.167. The van der Waals surface area contributed by atoms with Gasteiger partial charge < -0.3 is 5.32 Å². The SMILES string of the molecule is O=C(Nc1ccccc1Br)c1ccnc(Br)c1. The van der Waals surface area contributed by atoms with E-state index in [-0.39, 0.29) is 5.91 Å². The van der Waals surface area contributed by atoms with Gasteiger partial charge in [-0.3, -0.25) is 4.79 Å². The summed E-state index contributed by atoms with van der Waals surface area (Å²) in [4.78, 5) is 15.9. The van der Waals surface area contributed by atoms with Crippen molar-refractivity contribution < 1.29 is 4.79 Å². The fourth-order valence-corrected chi connectivity index (χ4v) is 2.05. The molecule has 86 valence electrons. The van der Waals surface area contributed by atoms with Gasteiger partial charge in [0, 0.05) is 16.2 Å². The van der Waals surface area contributed by atoms with E-state index in [1.54, 1.807) is 18.3 Å². The molecule has 0 aliphatic rings. The van der Waals surface area contributed by atoms with Gasteiger partial charge in [0.2, 0.25) is 0 Å². The van der Waals surface area contributed by atoms with Crippen LogP contribution in [0.5, 0.6) is 0 Å². The van der Waals surface area contributed by atoms with Crippen molar-refractivity contribution in [2.45, 2.75) is 0 Å². The monoisotopic (exact) mass is 354 g/mol. The second-order valence-electron chi connectivity index (χ2n) is 3.30. The van der Waals surface area contributed by atoms with Crippen LogP contribution in [0.4, 0.5) is 5.69 Å². The van der Waals surface area contributed by atoms with Crippen LogP contribution in [0.3, 0.4) is 0 Å². The van der Waals surface area contributed by atoms with E-state index in [0.29, 0.717) is 10.2 Å². The predicted octanol–water partition coefficient (Wildman–Crippen LogP) is 3.86. The third-order valence-corrected chi connectivity index (χ3v) is 3.24. The summed E-state index contributed by atoms with van der Waals surface area (Å²) in [5, 5.41) is 2.82. The second kappa shape index (κ2) is 5.42. The van der Waals surface area contributed by atoms with E-state index >= 15 is 0 Å². The summed E-state index contributed by atoms with van der Waals surface area (Å²) in [6.07, 6.45) is 1.58. The van der Waals surface area contributed by atoms with Gasteiger partial charge in [0.1, 0.15) is 4.60 Å². The van der Waals surface area contributed by atoms with Crippen molar-refractivity contribution in [1.29, 1.82) is 0 Å². The van der Waals surface area contributed by atoms with Crippen LogP contribution < -0.4 is 5.32 Å². The third kappa shape index (κ3) is 3.14. The largest absolute Gasteiger partial charge is 0.321 e. The number of para-hydroxylation sites is 1. The zero-order valence-electron chi connectivity index (χ0n) is 8.65. The molecule has 17 heavy (non-hydrogen) atoms. The average Bonchev–Trinajstić information content (AvgIpc) is 2.32. The van der Waals surface area contributed by atoms with E-state index in [1.807, 2.05) is 24.3 Å². The van der Waals surface area contributed by atoms with Crippen molar-refractivity contribution in [2.75, 3.05) is 5.32 Å². The summed E-state index contributed by atoms with van der Waals surface area (Å²) in [5.41, 5.74) is 1.30. The normalized spacial score (nSPS) is 10.0. The maximum atomic E-state index is 11.9. The molecule has 0 saturated heterocycles. The molecule has 1 N–H and O–H groups in total. The number of anilines is 1. The quantitative estimate of drug-likeness (QED) is 0.831. The van der Waals surface area contributed by atoms with Crippen LogP contribution in [0.1, 0.15) is 10.4 Å². The molecule has 1 aromatic carbocycles. The predicted molar refractivity (Wildman–Crippen MR) is 74.0 cm³/mol. The lowest BCUT2D eigenvalue weighted by Gasteiger charge is -2.06. The van der Waals surface area contributed by atoms with Crippen molar-refractivity contribution >= 4 is 43.5 Å². The number of carbonyl (C=O) groups is 1. The summed E-state index contributed by atoms with van der Waals surface area (Å²) in [6, 6.07) is 10.8. The number of rotatable bonds is 2. The molecule has 2 rings (SSSR count). The van der Waals surface area contributed by atoms with E-state index < -0.39 is 0 Å². The van der Waals surface area contributed by atoms with Gasteiger partial charge in [-0.2, -0.15) is 0 Å². The number of hydrogen-bond acceptors (Lipinski definition) is 2. The van der Waals surface area contributed by atoms with E-state index in [1.165, 1.54) is 0 Å². The molecular formula is C12H8Br2N2O. The number of amides is 1. The molecule has 0 spiro atoms. The van der Waals surface area contributed by atoms with Gasteiger partial charge in [-0.15, -0.1) is 0 Å². The topological polar surface area (TPSA) is 42.0 Å². The molecule has 1 heterocycles. The Morgan fingerprint density at radius 3 is 2.65 bits per heavy atom. The van der Waals surface area contributed by atoms with Gasteiger partial charge in [-0.05, 0) is 56.1 Å². The number of nitrogens with zero attached hydrogens (tertiary/aromatic N) is 1. The summed E-state index contributed by atoms with van der Waals surface area (Å²) < 4.78 is 1.48. The first-order valence-corrected chi connectivity index (χ1v) is 6.43. The molecular weight excluding hydrogens is 348 g/mol. The molecule has 0 aliphatic heterocycles. The fraction of sp³-hybridized carbons (Fsp3) is 0. The molecule has 0 fully saturated rings. The number of halogens is 2. The lowest BCUT2D eigenvalue weighted by Crippen LogP contribution is -2.12. The molecule has 5 heteroatoms. The molecule has 0 aliphatic carbocycles. The lowest BCUT2D eigenvalue weighted by molar-refractivity contribution is 0.102. The van der Waals surface area contributed by atoms with Crippen molar-refractivity contribution in [3.8, 4) is 0 Å². The highest BCUT2D eigenvalue weighted by Crippen LogP contribution is 2.22. The average molecular weight is 356 g/mol. The van der Waals surface area contributed by atoms with Gasteiger partial charge in [0.25, 0.3) is 5.91 Å². The Kier molecular flexibility index (Phi) is 3.91. The van der Waals surface area contributed by atoms with Crippen molar-refractivity contribution in [3.05, 3.63) is 57.2 Å². The Bertz CT molecular complexity index is 558. The van der Waals surface area contributed by atoms with Crippen LogP contribution in [0, 0.1) is 0 Å². The number of nitrogens with one attached hydrogen (secondary N) is 1.